The summed E-state index contributed by atoms with van der Waals surface area (Å²) in [4.78, 5) is 12.3. The Morgan fingerprint density at radius 2 is 1.89 bits per heavy atom. The monoisotopic (exact) mass is 379 g/mol. The average Bonchev–Trinajstić information content (AvgIpc) is 3.13. The van der Waals surface area contributed by atoms with Gasteiger partial charge in [0.25, 0.3) is 0 Å². The smallest absolute Gasteiger partial charge is 0.248 e. The van der Waals surface area contributed by atoms with E-state index >= 15 is 0 Å². The Labute approximate surface area is 167 Å². The zero-order valence-corrected chi connectivity index (χ0v) is 17.0. The van der Waals surface area contributed by atoms with Crippen LogP contribution in [-0.2, 0) is 17.6 Å². The van der Waals surface area contributed by atoms with Gasteiger partial charge in [0.2, 0.25) is 5.91 Å². The van der Waals surface area contributed by atoms with Gasteiger partial charge in [-0.2, -0.15) is 0 Å². The number of ether oxygens (including phenoxy) is 2. The molecule has 0 heterocycles. The number of nitrogens with one attached hydrogen (secondary N) is 1. The highest BCUT2D eigenvalue weighted by molar-refractivity contribution is 6.02. The molecule has 1 aliphatic carbocycles. The minimum absolute atomic E-state index is 0.143. The van der Waals surface area contributed by atoms with E-state index in [9.17, 15) is 4.79 Å². The molecule has 4 nitrogen and oxygen atoms in total. The van der Waals surface area contributed by atoms with Crippen molar-refractivity contribution in [3.8, 4) is 11.5 Å². The highest BCUT2D eigenvalue weighted by atomic mass is 16.5. The van der Waals surface area contributed by atoms with Crippen LogP contribution in [0, 0.1) is 5.92 Å². The molecule has 3 rings (SSSR count). The van der Waals surface area contributed by atoms with E-state index in [1.807, 2.05) is 31.2 Å². The van der Waals surface area contributed by atoms with E-state index in [0.717, 1.165) is 29.8 Å². The lowest BCUT2D eigenvalue weighted by Crippen LogP contribution is -2.08. The summed E-state index contributed by atoms with van der Waals surface area (Å²) < 4.78 is 11.5. The number of amides is 1. The van der Waals surface area contributed by atoms with E-state index in [-0.39, 0.29) is 5.91 Å². The summed E-state index contributed by atoms with van der Waals surface area (Å²) in [6, 6.07) is 11.9. The van der Waals surface area contributed by atoms with Crippen molar-refractivity contribution in [3.05, 3.63) is 59.2 Å². The van der Waals surface area contributed by atoms with Crippen molar-refractivity contribution in [2.75, 3.05) is 18.5 Å². The molecule has 1 aliphatic rings. The predicted molar refractivity (Wildman–Crippen MR) is 114 cm³/mol. The predicted octanol–water partition coefficient (Wildman–Crippen LogP) is 5.26. The van der Waals surface area contributed by atoms with Crippen LogP contribution < -0.4 is 14.8 Å². The Balaban J connectivity index is 1.65. The van der Waals surface area contributed by atoms with Crippen LogP contribution in [0.5, 0.6) is 11.5 Å². The Hall–Kier alpha value is -2.75. The molecule has 0 aliphatic heterocycles. The standard InChI is InChI=1S/C24H29NO3/c1-4-27-23-14-18(8-12-22(23)28-16-17(2)3)9-13-24(26)25-21-11-10-19-6-5-7-20(19)15-21/h8-15,17H,4-7,16H2,1-3H3,(H,25,26). The van der Waals surface area contributed by atoms with Crippen LogP contribution in [0.2, 0.25) is 0 Å². The second-order valence-electron chi connectivity index (χ2n) is 7.50. The van der Waals surface area contributed by atoms with Crippen molar-refractivity contribution in [2.45, 2.75) is 40.0 Å². The quantitative estimate of drug-likeness (QED) is 0.636. The SMILES string of the molecule is CCOc1cc(C=CC(=O)Nc2ccc3c(c2)CCC3)ccc1OCC(C)C. The van der Waals surface area contributed by atoms with Gasteiger partial charge >= 0.3 is 0 Å². The van der Waals surface area contributed by atoms with Gasteiger partial charge < -0.3 is 14.8 Å². The summed E-state index contributed by atoms with van der Waals surface area (Å²) in [5.74, 6) is 1.73. The number of anilines is 1. The van der Waals surface area contributed by atoms with Crippen molar-refractivity contribution in [1.29, 1.82) is 0 Å². The lowest BCUT2D eigenvalue weighted by Gasteiger charge is -2.14. The second-order valence-corrected chi connectivity index (χ2v) is 7.50. The third-order valence-corrected chi connectivity index (χ3v) is 4.63. The second kappa shape index (κ2) is 9.45. The fraction of sp³-hybridized carbons (Fsp3) is 0.375. The fourth-order valence-electron chi connectivity index (χ4n) is 3.28. The van der Waals surface area contributed by atoms with Crippen LogP contribution in [0.15, 0.2) is 42.5 Å². The van der Waals surface area contributed by atoms with Gasteiger partial charge in [0.1, 0.15) is 0 Å². The molecule has 0 aromatic heterocycles. The molecule has 1 amide bonds. The maximum absolute atomic E-state index is 12.3. The molecule has 0 saturated heterocycles. The van der Waals surface area contributed by atoms with Crippen LogP contribution in [-0.4, -0.2) is 19.1 Å². The number of rotatable bonds is 8. The van der Waals surface area contributed by atoms with E-state index in [2.05, 4.69) is 31.3 Å². The van der Waals surface area contributed by atoms with Crippen LogP contribution >= 0.6 is 0 Å². The highest BCUT2D eigenvalue weighted by Crippen LogP contribution is 2.29. The molecule has 2 aromatic rings. The summed E-state index contributed by atoms with van der Waals surface area (Å²) in [5.41, 5.74) is 4.49. The summed E-state index contributed by atoms with van der Waals surface area (Å²) >= 11 is 0. The molecule has 2 aromatic carbocycles. The molecule has 1 N–H and O–H groups in total. The van der Waals surface area contributed by atoms with Gasteiger partial charge in [0.15, 0.2) is 11.5 Å². The maximum Gasteiger partial charge on any atom is 0.248 e. The van der Waals surface area contributed by atoms with E-state index in [1.165, 1.54) is 17.5 Å². The summed E-state index contributed by atoms with van der Waals surface area (Å²) in [6.07, 6.45) is 6.78. The molecular weight excluding hydrogens is 350 g/mol. The first-order chi connectivity index (χ1) is 13.5. The number of hydrogen-bond donors (Lipinski definition) is 1. The molecule has 0 radical (unpaired) electrons. The van der Waals surface area contributed by atoms with Crippen molar-refractivity contribution < 1.29 is 14.3 Å². The number of aryl methyl sites for hydroxylation is 2. The molecule has 148 valence electrons. The van der Waals surface area contributed by atoms with Gasteiger partial charge in [-0.05, 0) is 79.1 Å². The van der Waals surface area contributed by atoms with Crippen LogP contribution in [0.25, 0.3) is 6.08 Å². The zero-order chi connectivity index (χ0) is 19.9. The number of carbonyl (C=O) groups is 1. The third-order valence-electron chi connectivity index (χ3n) is 4.63. The van der Waals surface area contributed by atoms with Crippen LogP contribution in [0.4, 0.5) is 5.69 Å². The molecule has 0 bridgehead atoms. The van der Waals surface area contributed by atoms with E-state index in [4.69, 9.17) is 9.47 Å². The average molecular weight is 380 g/mol. The van der Waals surface area contributed by atoms with Crippen molar-refractivity contribution >= 4 is 17.7 Å². The fourth-order valence-corrected chi connectivity index (χ4v) is 3.28. The Morgan fingerprint density at radius 3 is 2.68 bits per heavy atom. The maximum atomic E-state index is 12.3. The van der Waals surface area contributed by atoms with Gasteiger partial charge in [-0.15, -0.1) is 0 Å². The van der Waals surface area contributed by atoms with Gasteiger partial charge in [-0.1, -0.05) is 26.0 Å². The zero-order valence-electron chi connectivity index (χ0n) is 17.0. The molecule has 0 spiro atoms. The molecule has 28 heavy (non-hydrogen) atoms. The molecular formula is C24H29NO3. The van der Waals surface area contributed by atoms with Crippen LogP contribution in [0.3, 0.4) is 0 Å². The summed E-state index contributed by atoms with van der Waals surface area (Å²) in [7, 11) is 0. The van der Waals surface area contributed by atoms with E-state index in [0.29, 0.717) is 24.9 Å². The van der Waals surface area contributed by atoms with Gasteiger partial charge in [-0.3, -0.25) is 4.79 Å². The van der Waals surface area contributed by atoms with Crippen LogP contribution in [0.1, 0.15) is 43.9 Å². The largest absolute Gasteiger partial charge is 0.490 e. The van der Waals surface area contributed by atoms with Gasteiger partial charge in [0.05, 0.1) is 13.2 Å². The van der Waals surface area contributed by atoms with Crippen molar-refractivity contribution in [1.82, 2.24) is 0 Å². The topological polar surface area (TPSA) is 47.6 Å². The number of benzene rings is 2. The first kappa shape index (κ1) is 20.0. The Bertz CT molecular complexity index is 855. The normalized spacial score (nSPS) is 13.0. The Kier molecular flexibility index (Phi) is 6.75. The summed E-state index contributed by atoms with van der Waals surface area (Å²) in [6.45, 7) is 7.36. The number of hydrogen-bond acceptors (Lipinski definition) is 3. The number of fused-ring (bicyclic) bond motifs is 1. The Morgan fingerprint density at radius 1 is 1.07 bits per heavy atom. The van der Waals surface area contributed by atoms with Gasteiger partial charge in [-0.25, -0.2) is 0 Å². The molecule has 0 unspecified atom stereocenters. The first-order valence-electron chi connectivity index (χ1n) is 10.1. The first-order valence-corrected chi connectivity index (χ1v) is 10.1. The molecule has 4 heteroatoms. The molecule has 0 saturated carbocycles. The van der Waals surface area contributed by atoms with Gasteiger partial charge in [0, 0.05) is 11.8 Å². The van der Waals surface area contributed by atoms with E-state index < -0.39 is 0 Å². The highest BCUT2D eigenvalue weighted by Gasteiger charge is 2.11. The molecule has 0 atom stereocenters. The molecule has 0 fully saturated rings. The van der Waals surface area contributed by atoms with Crippen molar-refractivity contribution in [2.24, 2.45) is 5.92 Å². The number of carbonyl (C=O) groups excluding carboxylic acids is 1. The van der Waals surface area contributed by atoms with E-state index in [1.54, 1.807) is 12.2 Å². The minimum Gasteiger partial charge on any atom is -0.490 e. The lowest BCUT2D eigenvalue weighted by molar-refractivity contribution is -0.111. The summed E-state index contributed by atoms with van der Waals surface area (Å²) in [5, 5.41) is 2.94. The lowest BCUT2D eigenvalue weighted by atomic mass is 10.1. The third kappa shape index (κ3) is 5.38. The van der Waals surface area contributed by atoms with Crippen molar-refractivity contribution in [3.63, 3.8) is 0 Å². The minimum atomic E-state index is -0.143.